The Labute approximate surface area is 185 Å². The molecule has 1 aliphatic carbocycles. The minimum atomic E-state index is -3.94. The highest BCUT2D eigenvalue weighted by Crippen LogP contribution is 2.49. The van der Waals surface area contributed by atoms with Crippen molar-refractivity contribution in [3.8, 4) is 6.07 Å². The largest absolute Gasteiger partial charge is 0.386 e. The lowest BCUT2D eigenvalue weighted by Gasteiger charge is -2.42. The zero-order chi connectivity index (χ0) is 23.1. The fourth-order valence-corrected chi connectivity index (χ4v) is 7.24. The SMILES string of the molecule is C[C@@]1(c2cc(NC(=O)c3ccc(C#N)cn3)ccc2F)CN=C(N)C2(CCCC2)S1(=O)=O. The number of nitrogens with zero attached hydrogens (tertiary/aromatic N) is 3. The van der Waals surface area contributed by atoms with Crippen LogP contribution in [0.2, 0.25) is 0 Å². The molecule has 1 amide bonds. The lowest BCUT2D eigenvalue weighted by molar-refractivity contribution is 0.102. The highest BCUT2D eigenvalue weighted by atomic mass is 32.2. The predicted molar refractivity (Wildman–Crippen MR) is 117 cm³/mol. The Morgan fingerprint density at radius 2 is 1.97 bits per heavy atom. The summed E-state index contributed by atoms with van der Waals surface area (Å²) in [6.45, 7) is 1.26. The summed E-state index contributed by atoms with van der Waals surface area (Å²) in [5.74, 6) is -1.17. The monoisotopic (exact) mass is 455 g/mol. The van der Waals surface area contributed by atoms with Crippen LogP contribution >= 0.6 is 0 Å². The van der Waals surface area contributed by atoms with Gasteiger partial charge in [-0.3, -0.25) is 9.79 Å². The highest BCUT2D eigenvalue weighted by molar-refractivity contribution is 7.94. The Morgan fingerprint density at radius 3 is 2.59 bits per heavy atom. The molecular formula is C22H22FN5O3S. The summed E-state index contributed by atoms with van der Waals surface area (Å²) in [6, 6.07) is 8.57. The van der Waals surface area contributed by atoms with Gasteiger partial charge in [-0.05, 0) is 50.1 Å². The van der Waals surface area contributed by atoms with Gasteiger partial charge in [-0.2, -0.15) is 5.26 Å². The summed E-state index contributed by atoms with van der Waals surface area (Å²) in [5.41, 5.74) is 6.59. The number of aliphatic imine (C=N–C) groups is 1. The number of carbonyl (C=O) groups excluding carboxylic acids is 1. The van der Waals surface area contributed by atoms with Gasteiger partial charge in [0.1, 0.15) is 32.9 Å². The number of nitrogens with one attached hydrogen (secondary N) is 1. The molecule has 3 N–H and O–H groups in total. The summed E-state index contributed by atoms with van der Waals surface area (Å²) in [6.07, 6.45) is 3.42. The number of aromatic nitrogens is 1. The first-order valence-corrected chi connectivity index (χ1v) is 11.6. The maximum absolute atomic E-state index is 15.0. The van der Waals surface area contributed by atoms with E-state index in [0.29, 0.717) is 31.2 Å². The van der Waals surface area contributed by atoms with Crippen molar-refractivity contribution in [2.24, 2.45) is 10.7 Å². The van der Waals surface area contributed by atoms with E-state index >= 15 is 0 Å². The number of sulfone groups is 1. The lowest BCUT2D eigenvalue weighted by atomic mass is 9.97. The van der Waals surface area contributed by atoms with Crippen molar-refractivity contribution >= 4 is 27.3 Å². The fourth-order valence-electron chi connectivity index (χ4n) is 4.53. The van der Waals surface area contributed by atoms with E-state index < -0.39 is 31.1 Å². The average molecular weight is 456 g/mol. The molecule has 1 aromatic carbocycles. The number of amides is 1. The van der Waals surface area contributed by atoms with Crippen LogP contribution in [0.4, 0.5) is 10.1 Å². The maximum Gasteiger partial charge on any atom is 0.274 e. The van der Waals surface area contributed by atoms with Gasteiger partial charge in [0.05, 0.1) is 12.1 Å². The number of halogens is 1. The molecule has 1 fully saturated rings. The zero-order valence-corrected chi connectivity index (χ0v) is 18.2. The molecule has 1 atom stereocenters. The average Bonchev–Trinajstić information content (AvgIpc) is 3.29. The number of pyridine rings is 1. The van der Waals surface area contributed by atoms with Crippen molar-refractivity contribution in [1.29, 1.82) is 5.26 Å². The number of hydrogen-bond donors (Lipinski definition) is 2. The normalized spacial score (nSPS) is 23.3. The Balaban J connectivity index is 1.71. The molecule has 1 aromatic heterocycles. The van der Waals surface area contributed by atoms with E-state index in [9.17, 15) is 17.6 Å². The first-order valence-electron chi connectivity index (χ1n) is 10.2. The summed E-state index contributed by atoms with van der Waals surface area (Å²) >= 11 is 0. The molecule has 0 unspecified atom stereocenters. The van der Waals surface area contributed by atoms with Crippen LogP contribution in [-0.4, -0.2) is 36.4 Å². The Hall–Kier alpha value is -3.32. The first-order chi connectivity index (χ1) is 15.1. The van der Waals surface area contributed by atoms with Crippen molar-refractivity contribution in [3.63, 3.8) is 0 Å². The molecule has 32 heavy (non-hydrogen) atoms. The number of amidine groups is 1. The van der Waals surface area contributed by atoms with E-state index in [1.807, 2.05) is 6.07 Å². The summed E-state index contributed by atoms with van der Waals surface area (Å²) in [5, 5.41) is 11.5. The zero-order valence-electron chi connectivity index (χ0n) is 17.4. The Morgan fingerprint density at radius 1 is 1.25 bits per heavy atom. The van der Waals surface area contributed by atoms with Crippen LogP contribution in [-0.2, 0) is 14.6 Å². The third kappa shape index (κ3) is 3.15. The number of nitriles is 1. The molecule has 2 aromatic rings. The molecule has 1 saturated carbocycles. The number of hydrogen-bond acceptors (Lipinski definition) is 7. The number of nitrogens with two attached hydrogens (primary N) is 1. The van der Waals surface area contributed by atoms with Crippen LogP contribution in [0.15, 0.2) is 41.5 Å². The smallest absolute Gasteiger partial charge is 0.274 e. The van der Waals surface area contributed by atoms with Gasteiger partial charge >= 0.3 is 0 Å². The second-order valence-electron chi connectivity index (χ2n) is 8.33. The molecule has 0 bridgehead atoms. The van der Waals surface area contributed by atoms with Crippen LogP contribution in [0, 0.1) is 17.1 Å². The van der Waals surface area contributed by atoms with Gasteiger partial charge < -0.3 is 11.1 Å². The molecule has 0 saturated heterocycles. The van der Waals surface area contributed by atoms with E-state index in [1.54, 1.807) is 0 Å². The van der Waals surface area contributed by atoms with E-state index in [4.69, 9.17) is 11.0 Å². The summed E-state index contributed by atoms with van der Waals surface area (Å²) in [4.78, 5) is 20.8. The standard InChI is InChI=1S/C22H22FN5O3S/c1-21(13-27-20(25)22(32(21,30)31)8-2-3-9-22)16-10-15(5-6-17(16)23)28-19(29)18-7-4-14(11-24)12-26-18/h4-7,10,12H,2-3,8-9,13H2,1H3,(H2,25,27)(H,28,29)/t21-/m0/s1. The molecular weight excluding hydrogens is 433 g/mol. The molecule has 2 aliphatic rings. The quantitative estimate of drug-likeness (QED) is 0.730. The number of anilines is 1. The number of carbonyl (C=O) groups is 1. The van der Waals surface area contributed by atoms with Gasteiger partial charge in [-0.25, -0.2) is 17.8 Å². The van der Waals surface area contributed by atoms with E-state index in [2.05, 4.69) is 15.3 Å². The number of benzene rings is 1. The van der Waals surface area contributed by atoms with E-state index in [1.165, 1.54) is 37.4 Å². The van der Waals surface area contributed by atoms with E-state index in [0.717, 1.165) is 6.07 Å². The molecule has 1 aliphatic heterocycles. The van der Waals surface area contributed by atoms with Gasteiger partial charge in [-0.15, -0.1) is 0 Å². The van der Waals surface area contributed by atoms with Crippen LogP contribution in [0.5, 0.6) is 0 Å². The highest BCUT2D eigenvalue weighted by Gasteiger charge is 2.61. The first kappa shape index (κ1) is 21.9. The molecule has 4 rings (SSSR count). The van der Waals surface area contributed by atoms with Gasteiger partial charge in [0, 0.05) is 17.4 Å². The topological polar surface area (TPSA) is 138 Å². The lowest BCUT2D eigenvalue weighted by Crippen LogP contribution is -2.59. The Kier molecular flexibility index (Phi) is 5.25. The second-order valence-corrected chi connectivity index (χ2v) is 11.0. The predicted octanol–water partition coefficient (Wildman–Crippen LogP) is 2.66. The van der Waals surface area contributed by atoms with Crippen LogP contribution in [0.1, 0.15) is 54.2 Å². The van der Waals surface area contributed by atoms with Gasteiger partial charge in [0.15, 0.2) is 9.84 Å². The van der Waals surface area contributed by atoms with Crippen molar-refractivity contribution in [3.05, 3.63) is 59.2 Å². The molecule has 10 heteroatoms. The van der Waals surface area contributed by atoms with Crippen LogP contribution < -0.4 is 11.1 Å². The molecule has 0 radical (unpaired) electrons. The molecule has 1 spiro atoms. The van der Waals surface area contributed by atoms with Gasteiger partial charge in [0.25, 0.3) is 5.91 Å². The summed E-state index contributed by atoms with van der Waals surface area (Å²) < 4.78 is 39.6. The fraction of sp³-hybridized carbons (Fsp3) is 0.364. The van der Waals surface area contributed by atoms with Gasteiger partial charge in [0.2, 0.25) is 0 Å². The third-order valence-electron chi connectivity index (χ3n) is 6.46. The third-order valence-corrected chi connectivity index (χ3v) is 9.64. The minimum absolute atomic E-state index is 0.0636. The Bertz CT molecular complexity index is 1260. The number of rotatable bonds is 3. The summed E-state index contributed by atoms with van der Waals surface area (Å²) in [7, 11) is -3.94. The van der Waals surface area contributed by atoms with Gasteiger partial charge in [-0.1, -0.05) is 12.8 Å². The maximum atomic E-state index is 15.0. The van der Waals surface area contributed by atoms with Crippen LogP contribution in [0.25, 0.3) is 0 Å². The molecule has 8 nitrogen and oxygen atoms in total. The van der Waals surface area contributed by atoms with Crippen molar-refractivity contribution in [1.82, 2.24) is 4.98 Å². The molecule has 166 valence electrons. The second kappa shape index (κ2) is 7.67. The minimum Gasteiger partial charge on any atom is -0.386 e. The molecule has 2 heterocycles. The van der Waals surface area contributed by atoms with E-state index in [-0.39, 0.29) is 29.3 Å². The van der Waals surface area contributed by atoms with Crippen molar-refractivity contribution in [2.75, 3.05) is 11.9 Å². The van der Waals surface area contributed by atoms with Crippen LogP contribution in [0.3, 0.4) is 0 Å². The van der Waals surface area contributed by atoms with Crippen molar-refractivity contribution in [2.45, 2.75) is 42.1 Å². The van der Waals surface area contributed by atoms with Crippen molar-refractivity contribution < 1.29 is 17.6 Å².